The van der Waals surface area contributed by atoms with E-state index in [-0.39, 0.29) is 23.4 Å². The highest BCUT2D eigenvalue weighted by Crippen LogP contribution is 2.39. The molecule has 5 N–H and O–H groups in total. The molecule has 0 atom stereocenters. The summed E-state index contributed by atoms with van der Waals surface area (Å²) in [7, 11) is 0. The van der Waals surface area contributed by atoms with Crippen LogP contribution in [0.15, 0.2) is 36.5 Å². The van der Waals surface area contributed by atoms with Gasteiger partial charge in [-0.05, 0) is 44.2 Å². The number of aromatic amines is 1. The molecular formula is C24H26F2N8O. The molecule has 0 bridgehead atoms. The summed E-state index contributed by atoms with van der Waals surface area (Å²) in [5, 5.41) is 6.18. The Morgan fingerprint density at radius 3 is 2.83 bits per heavy atom. The van der Waals surface area contributed by atoms with E-state index >= 15 is 0 Å². The van der Waals surface area contributed by atoms with Crippen LogP contribution >= 0.6 is 0 Å². The lowest BCUT2D eigenvalue weighted by Crippen LogP contribution is -2.38. The monoisotopic (exact) mass is 480 g/mol. The molecule has 11 heteroatoms. The SMILES string of the molecule is CC(C)N1CCOc2c(F)cc(-c3nc(Nc4ccc5[nH]c(NCCN)nc5c4)ncc3F)cc21. The molecule has 9 nitrogen and oxygen atoms in total. The van der Waals surface area contributed by atoms with Crippen molar-refractivity contribution in [3.05, 3.63) is 48.2 Å². The zero-order valence-electron chi connectivity index (χ0n) is 19.4. The quantitative estimate of drug-likeness (QED) is 0.313. The first-order valence-corrected chi connectivity index (χ1v) is 11.4. The lowest BCUT2D eigenvalue weighted by Gasteiger charge is -2.34. The van der Waals surface area contributed by atoms with Gasteiger partial charge in [-0.2, -0.15) is 0 Å². The normalized spacial score (nSPS) is 13.1. The van der Waals surface area contributed by atoms with Gasteiger partial charge < -0.3 is 31.0 Å². The zero-order valence-corrected chi connectivity index (χ0v) is 19.4. The van der Waals surface area contributed by atoms with E-state index in [0.717, 1.165) is 17.2 Å². The van der Waals surface area contributed by atoms with Gasteiger partial charge in [-0.3, -0.25) is 0 Å². The molecule has 4 aromatic rings. The van der Waals surface area contributed by atoms with E-state index in [0.29, 0.717) is 49.1 Å². The lowest BCUT2D eigenvalue weighted by atomic mass is 10.1. The van der Waals surface area contributed by atoms with E-state index < -0.39 is 11.6 Å². The number of imidazole rings is 1. The van der Waals surface area contributed by atoms with Gasteiger partial charge in [-0.15, -0.1) is 0 Å². The summed E-state index contributed by atoms with van der Waals surface area (Å²) in [5.74, 6) is -0.238. The minimum absolute atomic E-state index is 0.00685. The highest BCUT2D eigenvalue weighted by atomic mass is 19.1. The van der Waals surface area contributed by atoms with Crippen molar-refractivity contribution in [2.24, 2.45) is 5.73 Å². The molecule has 3 heterocycles. The Morgan fingerprint density at radius 1 is 1.17 bits per heavy atom. The van der Waals surface area contributed by atoms with Crippen molar-refractivity contribution in [2.45, 2.75) is 19.9 Å². The fourth-order valence-corrected chi connectivity index (χ4v) is 4.09. The van der Waals surface area contributed by atoms with Crippen LogP contribution in [0.5, 0.6) is 5.75 Å². The standard InChI is InChI=1S/C24H26F2N8O/c1-13(2)34-7-8-35-22-16(25)9-14(10-20(22)34)21-17(26)12-29-24(33-21)30-15-3-4-18-19(11-15)32-23(31-18)28-6-5-27/h3-4,9-13H,5-8,27H2,1-2H3,(H2,28,31,32)(H,29,30,33). The van der Waals surface area contributed by atoms with Crippen LogP contribution in [-0.4, -0.2) is 52.2 Å². The molecule has 0 radical (unpaired) electrons. The molecule has 2 aromatic carbocycles. The molecular weight excluding hydrogens is 454 g/mol. The molecule has 0 unspecified atom stereocenters. The van der Waals surface area contributed by atoms with Crippen LogP contribution in [0.25, 0.3) is 22.3 Å². The average Bonchev–Trinajstić information content (AvgIpc) is 3.25. The third kappa shape index (κ3) is 4.54. The molecule has 0 saturated carbocycles. The van der Waals surface area contributed by atoms with Gasteiger partial charge in [0.15, 0.2) is 17.4 Å². The van der Waals surface area contributed by atoms with Crippen LogP contribution in [0.2, 0.25) is 0 Å². The average molecular weight is 481 g/mol. The first kappa shape index (κ1) is 22.8. The number of aromatic nitrogens is 4. The minimum atomic E-state index is -0.652. The van der Waals surface area contributed by atoms with Gasteiger partial charge in [0, 0.05) is 30.4 Å². The van der Waals surface area contributed by atoms with Gasteiger partial charge in [0.25, 0.3) is 0 Å². The highest BCUT2D eigenvalue weighted by Gasteiger charge is 2.25. The van der Waals surface area contributed by atoms with Crippen LogP contribution in [0.1, 0.15) is 13.8 Å². The van der Waals surface area contributed by atoms with Gasteiger partial charge in [-0.1, -0.05) is 0 Å². The molecule has 5 rings (SSSR count). The first-order chi connectivity index (χ1) is 16.9. The first-order valence-electron chi connectivity index (χ1n) is 11.4. The van der Waals surface area contributed by atoms with E-state index in [1.807, 2.05) is 36.9 Å². The van der Waals surface area contributed by atoms with Crippen LogP contribution in [0, 0.1) is 11.6 Å². The topological polar surface area (TPSA) is 117 Å². The minimum Gasteiger partial charge on any atom is -0.486 e. The molecule has 182 valence electrons. The molecule has 0 fully saturated rings. The van der Waals surface area contributed by atoms with Crippen molar-refractivity contribution >= 4 is 34.3 Å². The van der Waals surface area contributed by atoms with Crippen LogP contribution in [0.3, 0.4) is 0 Å². The second-order valence-electron chi connectivity index (χ2n) is 8.49. The summed E-state index contributed by atoms with van der Waals surface area (Å²) in [6.45, 7) is 6.13. The van der Waals surface area contributed by atoms with Crippen molar-refractivity contribution < 1.29 is 13.5 Å². The Morgan fingerprint density at radius 2 is 2.03 bits per heavy atom. The van der Waals surface area contributed by atoms with E-state index in [9.17, 15) is 8.78 Å². The van der Waals surface area contributed by atoms with E-state index in [1.165, 1.54) is 6.07 Å². The molecule has 2 aromatic heterocycles. The van der Waals surface area contributed by atoms with E-state index in [1.54, 1.807) is 6.07 Å². The number of hydrogen-bond donors (Lipinski definition) is 4. The Labute approximate surface area is 200 Å². The Balaban J connectivity index is 1.46. The summed E-state index contributed by atoms with van der Waals surface area (Å²) in [5.41, 5.74) is 8.64. The predicted octanol–water partition coefficient (Wildman–Crippen LogP) is 4.02. The molecule has 0 saturated heterocycles. The predicted molar refractivity (Wildman–Crippen MR) is 132 cm³/mol. The number of benzene rings is 2. The lowest BCUT2D eigenvalue weighted by molar-refractivity contribution is 0.287. The fraction of sp³-hybridized carbons (Fsp3) is 0.292. The van der Waals surface area contributed by atoms with Gasteiger partial charge in [0.1, 0.15) is 12.3 Å². The summed E-state index contributed by atoms with van der Waals surface area (Å²) >= 11 is 0. The van der Waals surface area contributed by atoms with Crippen molar-refractivity contribution in [3.8, 4) is 17.0 Å². The van der Waals surface area contributed by atoms with Crippen molar-refractivity contribution in [1.29, 1.82) is 0 Å². The van der Waals surface area contributed by atoms with Crippen LogP contribution in [0.4, 0.5) is 32.1 Å². The Hall–Kier alpha value is -3.99. The summed E-state index contributed by atoms with van der Waals surface area (Å²) in [6, 6.07) is 8.59. The summed E-state index contributed by atoms with van der Waals surface area (Å²) < 4.78 is 35.2. The highest BCUT2D eigenvalue weighted by molar-refractivity contribution is 5.82. The fourth-order valence-electron chi connectivity index (χ4n) is 4.09. The molecule has 1 aliphatic heterocycles. The molecule has 35 heavy (non-hydrogen) atoms. The second-order valence-corrected chi connectivity index (χ2v) is 8.49. The van der Waals surface area contributed by atoms with E-state index in [2.05, 4.69) is 30.6 Å². The molecule has 0 spiro atoms. The number of nitrogens with one attached hydrogen (secondary N) is 3. The maximum atomic E-state index is 14.9. The van der Waals surface area contributed by atoms with E-state index in [4.69, 9.17) is 10.5 Å². The number of H-pyrrole nitrogens is 1. The number of ether oxygens (including phenoxy) is 1. The van der Waals surface area contributed by atoms with Gasteiger partial charge >= 0.3 is 0 Å². The number of nitrogens with two attached hydrogens (primary N) is 1. The van der Waals surface area contributed by atoms with Gasteiger partial charge in [0.2, 0.25) is 11.9 Å². The summed E-state index contributed by atoms with van der Waals surface area (Å²) in [4.78, 5) is 18.1. The number of halogens is 2. The molecule has 0 aliphatic carbocycles. The third-order valence-corrected chi connectivity index (χ3v) is 5.73. The second kappa shape index (κ2) is 9.34. The molecule has 1 aliphatic rings. The zero-order chi connectivity index (χ0) is 24.5. The maximum Gasteiger partial charge on any atom is 0.227 e. The number of rotatable bonds is 7. The number of fused-ring (bicyclic) bond motifs is 2. The number of hydrogen-bond acceptors (Lipinski definition) is 8. The number of anilines is 4. The van der Waals surface area contributed by atoms with Crippen LogP contribution < -0.4 is 26.0 Å². The smallest absolute Gasteiger partial charge is 0.227 e. The maximum absolute atomic E-state index is 14.9. The Bertz CT molecular complexity index is 1370. The molecule has 0 amide bonds. The Kier molecular flexibility index (Phi) is 6.08. The van der Waals surface area contributed by atoms with Crippen molar-refractivity contribution in [1.82, 2.24) is 19.9 Å². The largest absolute Gasteiger partial charge is 0.486 e. The number of nitrogens with zero attached hydrogens (tertiary/aromatic N) is 4. The van der Waals surface area contributed by atoms with Gasteiger partial charge in [-0.25, -0.2) is 23.7 Å². The van der Waals surface area contributed by atoms with Crippen molar-refractivity contribution in [2.75, 3.05) is 41.8 Å². The third-order valence-electron chi connectivity index (χ3n) is 5.73. The van der Waals surface area contributed by atoms with Gasteiger partial charge in [0.05, 0.1) is 29.5 Å². The van der Waals surface area contributed by atoms with Crippen LogP contribution in [-0.2, 0) is 0 Å². The van der Waals surface area contributed by atoms with Crippen molar-refractivity contribution in [3.63, 3.8) is 0 Å². The summed E-state index contributed by atoms with van der Waals surface area (Å²) in [6.07, 6.45) is 1.07.